The van der Waals surface area contributed by atoms with Crippen molar-refractivity contribution in [1.82, 2.24) is 19.8 Å². The number of likely N-dealkylation sites (tertiary alicyclic amines) is 2. The fraction of sp³-hybridized carbons (Fsp3) is 0.417. The van der Waals surface area contributed by atoms with Crippen molar-refractivity contribution in [2.45, 2.75) is 25.8 Å². The van der Waals surface area contributed by atoms with Gasteiger partial charge in [-0.15, -0.1) is 0 Å². The van der Waals surface area contributed by atoms with Crippen LogP contribution in [0.15, 0.2) is 55.0 Å². The maximum atomic E-state index is 13.0. The zero-order valence-electron chi connectivity index (χ0n) is 16.8. The first kappa shape index (κ1) is 18.4. The molecule has 1 N–H and O–H groups in total. The molecule has 1 aromatic carbocycles. The number of aromatic nitrogens is 2. The minimum absolute atomic E-state index is 0.185. The van der Waals surface area contributed by atoms with Crippen LogP contribution in [-0.4, -0.2) is 51.9 Å². The van der Waals surface area contributed by atoms with E-state index in [0.717, 1.165) is 61.5 Å². The van der Waals surface area contributed by atoms with Gasteiger partial charge in [0.1, 0.15) is 0 Å². The van der Waals surface area contributed by atoms with Gasteiger partial charge in [-0.1, -0.05) is 6.07 Å². The monoisotopic (exact) mass is 388 g/mol. The van der Waals surface area contributed by atoms with Crippen LogP contribution in [0.4, 0.5) is 0 Å². The van der Waals surface area contributed by atoms with Crippen molar-refractivity contribution in [3.63, 3.8) is 0 Å². The fourth-order valence-electron chi connectivity index (χ4n) is 5.06. The van der Waals surface area contributed by atoms with Crippen molar-refractivity contribution < 1.29 is 4.79 Å². The molecule has 2 saturated heterocycles. The highest BCUT2D eigenvalue weighted by Gasteiger charge is 2.34. The van der Waals surface area contributed by atoms with Gasteiger partial charge in [0, 0.05) is 54.7 Å². The highest BCUT2D eigenvalue weighted by molar-refractivity contribution is 5.98. The normalized spacial score (nSPS) is 21.1. The first-order chi connectivity index (χ1) is 14.3. The summed E-state index contributed by atoms with van der Waals surface area (Å²) >= 11 is 0. The standard InChI is InChI=1S/C24H28N4O/c29-24(21-3-4-23-20(14-21)5-10-26-23)28-13-8-22(17-28)19-6-11-27(12-7-19)16-18-2-1-9-25-15-18/h1-5,9-10,14-15,19,22,26H,6-8,11-13,16-17H2. The quantitative estimate of drug-likeness (QED) is 0.737. The molecular formula is C24H28N4O. The van der Waals surface area contributed by atoms with Crippen LogP contribution in [0.25, 0.3) is 10.9 Å². The summed E-state index contributed by atoms with van der Waals surface area (Å²) in [5, 5.41) is 1.10. The van der Waals surface area contributed by atoms with Crippen LogP contribution in [0.3, 0.4) is 0 Å². The lowest BCUT2D eigenvalue weighted by molar-refractivity contribution is 0.0773. The molecule has 5 rings (SSSR count). The summed E-state index contributed by atoms with van der Waals surface area (Å²) in [7, 11) is 0. The number of hydrogen-bond acceptors (Lipinski definition) is 3. The second-order valence-corrected chi connectivity index (χ2v) is 8.55. The van der Waals surface area contributed by atoms with E-state index in [4.69, 9.17) is 0 Å². The van der Waals surface area contributed by atoms with Crippen LogP contribution >= 0.6 is 0 Å². The number of H-pyrrole nitrogens is 1. The van der Waals surface area contributed by atoms with Gasteiger partial charge in [-0.05, 0) is 80.1 Å². The van der Waals surface area contributed by atoms with Gasteiger partial charge in [-0.3, -0.25) is 14.7 Å². The fourth-order valence-corrected chi connectivity index (χ4v) is 5.06. The number of benzene rings is 1. The highest BCUT2D eigenvalue weighted by Crippen LogP contribution is 2.33. The smallest absolute Gasteiger partial charge is 0.253 e. The first-order valence-corrected chi connectivity index (χ1v) is 10.7. The first-order valence-electron chi connectivity index (χ1n) is 10.7. The Morgan fingerprint density at radius 3 is 2.76 bits per heavy atom. The van der Waals surface area contributed by atoms with Gasteiger partial charge in [-0.25, -0.2) is 0 Å². The summed E-state index contributed by atoms with van der Waals surface area (Å²) in [5.74, 6) is 1.57. The molecule has 1 atom stereocenters. The molecule has 5 heteroatoms. The van der Waals surface area contributed by atoms with E-state index in [9.17, 15) is 4.79 Å². The van der Waals surface area contributed by atoms with Gasteiger partial charge in [0.25, 0.3) is 5.91 Å². The third kappa shape index (κ3) is 3.92. The lowest BCUT2D eigenvalue weighted by Gasteiger charge is -2.34. The lowest BCUT2D eigenvalue weighted by Crippen LogP contribution is -2.37. The number of amides is 1. The zero-order chi connectivity index (χ0) is 19.6. The minimum atomic E-state index is 0.185. The number of aromatic amines is 1. The summed E-state index contributed by atoms with van der Waals surface area (Å²) in [5.41, 5.74) is 3.19. The Kier molecular flexibility index (Phi) is 5.06. The van der Waals surface area contributed by atoms with E-state index < -0.39 is 0 Å². The molecule has 5 nitrogen and oxygen atoms in total. The van der Waals surface area contributed by atoms with Crippen LogP contribution in [0.5, 0.6) is 0 Å². The van der Waals surface area contributed by atoms with Crippen LogP contribution in [0.2, 0.25) is 0 Å². The molecule has 29 heavy (non-hydrogen) atoms. The lowest BCUT2D eigenvalue weighted by atomic mass is 9.83. The number of nitrogens with one attached hydrogen (secondary N) is 1. The van der Waals surface area contributed by atoms with Crippen LogP contribution in [0.1, 0.15) is 35.2 Å². The predicted molar refractivity (Wildman–Crippen MR) is 115 cm³/mol. The third-order valence-electron chi connectivity index (χ3n) is 6.74. The van der Waals surface area contributed by atoms with Crippen molar-refractivity contribution in [2.75, 3.05) is 26.2 Å². The Morgan fingerprint density at radius 2 is 1.93 bits per heavy atom. The van der Waals surface area contributed by atoms with E-state index in [1.807, 2.05) is 48.9 Å². The van der Waals surface area contributed by atoms with Crippen LogP contribution < -0.4 is 0 Å². The van der Waals surface area contributed by atoms with Gasteiger partial charge in [0.2, 0.25) is 0 Å². The summed E-state index contributed by atoms with van der Waals surface area (Å²) < 4.78 is 0. The van der Waals surface area contributed by atoms with E-state index in [1.165, 1.54) is 18.4 Å². The minimum Gasteiger partial charge on any atom is -0.361 e. The molecule has 0 aliphatic carbocycles. The zero-order valence-corrected chi connectivity index (χ0v) is 16.8. The molecular weight excluding hydrogens is 360 g/mol. The maximum absolute atomic E-state index is 13.0. The summed E-state index contributed by atoms with van der Waals surface area (Å²) in [6, 6.07) is 12.2. The van der Waals surface area contributed by atoms with E-state index in [1.54, 1.807) is 0 Å². The van der Waals surface area contributed by atoms with Crippen molar-refractivity contribution in [3.05, 3.63) is 66.1 Å². The molecule has 2 aliphatic rings. The Balaban J connectivity index is 1.15. The second kappa shape index (κ2) is 7.99. The van der Waals surface area contributed by atoms with E-state index in [-0.39, 0.29) is 5.91 Å². The molecule has 0 spiro atoms. The number of hydrogen-bond donors (Lipinski definition) is 1. The van der Waals surface area contributed by atoms with Gasteiger partial charge in [0.05, 0.1) is 0 Å². The van der Waals surface area contributed by atoms with Gasteiger partial charge < -0.3 is 9.88 Å². The average Bonchev–Trinajstić information content (AvgIpc) is 3.44. The summed E-state index contributed by atoms with van der Waals surface area (Å²) in [4.78, 5) is 25.0. The van der Waals surface area contributed by atoms with Gasteiger partial charge >= 0.3 is 0 Å². The highest BCUT2D eigenvalue weighted by atomic mass is 16.2. The third-order valence-corrected chi connectivity index (χ3v) is 6.74. The topological polar surface area (TPSA) is 52.2 Å². The largest absolute Gasteiger partial charge is 0.361 e. The molecule has 1 unspecified atom stereocenters. The molecule has 3 aromatic rings. The molecule has 4 heterocycles. The van der Waals surface area contributed by atoms with E-state index in [2.05, 4.69) is 25.8 Å². The molecule has 0 radical (unpaired) electrons. The average molecular weight is 389 g/mol. The number of nitrogens with zero attached hydrogens (tertiary/aromatic N) is 3. The number of piperidine rings is 1. The Hall–Kier alpha value is -2.66. The number of carbonyl (C=O) groups excluding carboxylic acids is 1. The van der Waals surface area contributed by atoms with Crippen LogP contribution in [0, 0.1) is 11.8 Å². The van der Waals surface area contributed by atoms with Gasteiger partial charge in [0.15, 0.2) is 0 Å². The van der Waals surface area contributed by atoms with Crippen molar-refractivity contribution in [3.8, 4) is 0 Å². The molecule has 2 fully saturated rings. The Morgan fingerprint density at radius 1 is 1.07 bits per heavy atom. The molecule has 1 amide bonds. The molecule has 2 aliphatic heterocycles. The molecule has 2 aromatic heterocycles. The van der Waals surface area contributed by atoms with Crippen molar-refractivity contribution in [1.29, 1.82) is 0 Å². The molecule has 0 saturated carbocycles. The Bertz CT molecular complexity index is 975. The molecule has 0 bridgehead atoms. The van der Waals surface area contributed by atoms with Gasteiger partial charge in [-0.2, -0.15) is 0 Å². The number of rotatable bonds is 4. The SMILES string of the molecule is O=C(c1ccc2[nH]ccc2c1)N1CCC(C2CCN(Cc3cccnc3)CC2)C1. The number of pyridine rings is 1. The summed E-state index contributed by atoms with van der Waals surface area (Å²) in [6.07, 6.45) is 9.35. The van der Waals surface area contributed by atoms with Crippen molar-refractivity contribution >= 4 is 16.8 Å². The van der Waals surface area contributed by atoms with E-state index >= 15 is 0 Å². The molecule has 150 valence electrons. The number of carbonyl (C=O) groups is 1. The van der Waals surface area contributed by atoms with Crippen molar-refractivity contribution in [2.24, 2.45) is 11.8 Å². The summed E-state index contributed by atoms with van der Waals surface area (Å²) in [6.45, 7) is 5.10. The Labute approximate surface area is 171 Å². The predicted octanol–water partition coefficient (Wildman–Crippen LogP) is 3.94. The number of fused-ring (bicyclic) bond motifs is 1. The maximum Gasteiger partial charge on any atom is 0.253 e. The second-order valence-electron chi connectivity index (χ2n) is 8.55. The van der Waals surface area contributed by atoms with Crippen LogP contribution in [-0.2, 0) is 6.54 Å². The van der Waals surface area contributed by atoms with E-state index in [0.29, 0.717) is 5.92 Å².